The van der Waals surface area contributed by atoms with Crippen LogP contribution >= 0.6 is 0 Å². The van der Waals surface area contributed by atoms with Crippen LogP contribution in [0.25, 0.3) is 0 Å². The number of hydrogen-bond acceptors (Lipinski definition) is 3. The minimum atomic E-state index is -0.900. The molecule has 1 aliphatic rings. The predicted molar refractivity (Wildman–Crippen MR) is 61.5 cm³/mol. The van der Waals surface area contributed by atoms with E-state index in [-0.39, 0.29) is 13.2 Å². The second-order valence-corrected chi connectivity index (χ2v) is 3.51. The summed E-state index contributed by atoms with van der Waals surface area (Å²) in [7, 11) is 0. The minimum Gasteiger partial charge on any atom is -0.847 e. The van der Waals surface area contributed by atoms with Gasteiger partial charge < -0.3 is 14.6 Å². The molecule has 0 aliphatic heterocycles. The first kappa shape index (κ1) is 12.6. The first-order valence-corrected chi connectivity index (χ1v) is 5.31. The van der Waals surface area contributed by atoms with Gasteiger partial charge in [0.15, 0.2) is 0 Å². The zero-order chi connectivity index (χ0) is 11.8. The van der Waals surface area contributed by atoms with E-state index in [2.05, 4.69) is 19.2 Å². The Bertz CT molecular complexity index is 302. The fourth-order valence-electron chi connectivity index (χ4n) is 1.21. The Hall–Kier alpha value is -1.48. The molecule has 0 aromatic carbocycles. The van der Waals surface area contributed by atoms with Crippen LogP contribution in [0.4, 0.5) is 0 Å². The van der Waals surface area contributed by atoms with Crippen LogP contribution in [0.15, 0.2) is 49.0 Å². The lowest BCUT2D eigenvalue weighted by molar-refractivity contribution is -0.431. The van der Waals surface area contributed by atoms with Crippen molar-refractivity contribution in [3.05, 3.63) is 49.0 Å². The van der Waals surface area contributed by atoms with Crippen molar-refractivity contribution in [2.75, 3.05) is 13.2 Å². The molecular weight excluding hydrogens is 204 g/mol. The van der Waals surface area contributed by atoms with E-state index in [1.807, 2.05) is 12.2 Å². The van der Waals surface area contributed by atoms with E-state index in [0.29, 0.717) is 5.76 Å². The van der Waals surface area contributed by atoms with Gasteiger partial charge in [0.05, 0.1) is 19.0 Å². The summed E-state index contributed by atoms with van der Waals surface area (Å²) in [6.07, 6.45) is 8.31. The third kappa shape index (κ3) is 4.84. The highest BCUT2D eigenvalue weighted by molar-refractivity contribution is 5.12. The molecule has 0 amide bonds. The van der Waals surface area contributed by atoms with Crippen molar-refractivity contribution in [1.82, 2.24) is 0 Å². The molecule has 0 saturated carbocycles. The number of ether oxygens (including phenoxy) is 2. The predicted octanol–water partition coefficient (Wildman–Crippen LogP) is 1.68. The van der Waals surface area contributed by atoms with Crippen LogP contribution < -0.4 is 5.11 Å². The molecule has 88 valence electrons. The monoisotopic (exact) mass is 221 g/mol. The summed E-state index contributed by atoms with van der Waals surface area (Å²) in [5.74, 6) is 1.28. The van der Waals surface area contributed by atoms with Crippen molar-refractivity contribution in [1.29, 1.82) is 0 Å². The van der Waals surface area contributed by atoms with Gasteiger partial charge in [0, 0.05) is 6.42 Å². The summed E-state index contributed by atoms with van der Waals surface area (Å²) in [6.45, 7) is 7.23. The van der Waals surface area contributed by atoms with E-state index >= 15 is 0 Å². The molecule has 1 rings (SSSR count). The molecule has 1 atom stereocenters. The van der Waals surface area contributed by atoms with Crippen molar-refractivity contribution in [3.63, 3.8) is 0 Å². The standard InChI is InChI=1S/C13H17O3/c1-3-11(2)15-9-12(14)10-16-13-7-5-4-6-8-13/h3-5,7,12H,1-2,6,8-10H2/q-1. The third-order valence-corrected chi connectivity index (χ3v) is 2.11. The normalized spacial score (nSPS) is 16.2. The fourth-order valence-corrected chi connectivity index (χ4v) is 1.21. The van der Waals surface area contributed by atoms with Crippen molar-refractivity contribution >= 4 is 0 Å². The zero-order valence-electron chi connectivity index (χ0n) is 9.35. The second-order valence-electron chi connectivity index (χ2n) is 3.51. The molecule has 0 heterocycles. The Morgan fingerprint density at radius 2 is 2.38 bits per heavy atom. The molecule has 3 heteroatoms. The summed E-state index contributed by atoms with van der Waals surface area (Å²) in [5, 5.41) is 11.4. The van der Waals surface area contributed by atoms with Crippen LogP contribution in [-0.4, -0.2) is 19.3 Å². The Kier molecular flexibility index (Phi) is 5.43. The van der Waals surface area contributed by atoms with Gasteiger partial charge in [-0.05, 0) is 18.6 Å². The van der Waals surface area contributed by atoms with Crippen LogP contribution in [0, 0.1) is 0 Å². The van der Waals surface area contributed by atoms with Gasteiger partial charge in [-0.2, -0.15) is 0 Å². The van der Waals surface area contributed by atoms with Gasteiger partial charge >= 0.3 is 0 Å². The maximum atomic E-state index is 11.4. The number of rotatable bonds is 7. The van der Waals surface area contributed by atoms with E-state index < -0.39 is 6.10 Å². The maximum Gasteiger partial charge on any atom is 0.111 e. The zero-order valence-corrected chi connectivity index (χ0v) is 9.35. The van der Waals surface area contributed by atoms with Gasteiger partial charge in [-0.15, -0.1) is 0 Å². The molecule has 0 bridgehead atoms. The first-order valence-electron chi connectivity index (χ1n) is 5.31. The van der Waals surface area contributed by atoms with Crippen LogP contribution in [0.1, 0.15) is 12.8 Å². The Balaban J connectivity index is 2.16. The summed E-state index contributed by atoms with van der Waals surface area (Å²) < 4.78 is 10.4. The third-order valence-electron chi connectivity index (χ3n) is 2.11. The molecule has 0 saturated heterocycles. The number of allylic oxidation sites excluding steroid dienone is 5. The van der Waals surface area contributed by atoms with Crippen molar-refractivity contribution in [2.45, 2.75) is 18.9 Å². The quantitative estimate of drug-likeness (QED) is 0.485. The van der Waals surface area contributed by atoms with Crippen molar-refractivity contribution < 1.29 is 14.6 Å². The largest absolute Gasteiger partial charge is 0.847 e. The van der Waals surface area contributed by atoms with Crippen LogP contribution in [-0.2, 0) is 9.47 Å². The van der Waals surface area contributed by atoms with Crippen molar-refractivity contribution in [2.24, 2.45) is 0 Å². The molecule has 16 heavy (non-hydrogen) atoms. The van der Waals surface area contributed by atoms with E-state index in [1.54, 1.807) is 0 Å². The maximum absolute atomic E-state index is 11.4. The molecule has 0 radical (unpaired) electrons. The summed E-state index contributed by atoms with van der Waals surface area (Å²) in [4.78, 5) is 0. The van der Waals surface area contributed by atoms with Gasteiger partial charge in [0.25, 0.3) is 0 Å². The van der Waals surface area contributed by atoms with Gasteiger partial charge in [-0.25, -0.2) is 0 Å². The SMILES string of the molecule is C=CC(=C)OCC([O-])COC1=CC=CCC1. The molecule has 3 nitrogen and oxygen atoms in total. The Labute approximate surface area is 96.4 Å². The topological polar surface area (TPSA) is 41.5 Å². The van der Waals surface area contributed by atoms with E-state index in [0.717, 1.165) is 18.6 Å². The van der Waals surface area contributed by atoms with Crippen molar-refractivity contribution in [3.8, 4) is 0 Å². The van der Waals surface area contributed by atoms with E-state index in [9.17, 15) is 5.11 Å². The summed E-state index contributed by atoms with van der Waals surface area (Å²) in [6, 6.07) is 0. The highest BCUT2D eigenvalue weighted by atomic mass is 16.5. The van der Waals surface area contributed by atoms with Gasteiger partial charge in [-0.3, -0.25) is 0 Å². The first-order chi connectivity index (χ1) is 7.72. The minimum absolute atomic E-state index is 0.0635. The summed E-state index contributed by atoms with van der Waals surface area (Å²) in [5.41, 5.74) is 0. The average Bonchev–Trinajstić information content (AvgIpc) is 2.34. The van der Waals surface area contributed by atoms with Gasteiger partial charge in [0.2, 0.25) is 0 Å². The van der Waals surface area contributed by atoms with Crippen LogP contribution in [0.3, 0.4) is 0 Å². The molecule has 1 unspecified atom stereocenters. The molecule has 0 aromatic heterocycles. The van der Waals surface area contributed by atoms with E-state index in [4.69, 9.17) is 9.47 Å². The second kappa shape index (κ2) is 6.90. The van der Waals surface area contributed by atoms with E-state index in [1.165, 1.54) is 6.08 Å². The lowest BCUT2D eigenvalue weighted by Crippen LogP contribution is -2.35. The average molecular weight is 221 g/mol. The Morgan fingerprint density at radius 1 is 1.56 bits per heavy atom. The molecule has 0 spiro atoms. The molecule has 1 aliphatic carbocycles. The number of hydrogen-bond donors (Lipinski definition) is 0. The van der Waals surface area contributed by atoms with Crippen LogP contribution in [0.5, 0.6) is 0 Å². The molecule has 0 fully saturated rings. The lowest BCUT2D eigenvalue weighted by Gasteiger charge is -2.23. The lowest BCUT2D eigenvalue weighted by atomic mass is 10.2. The highest BCUT2D eigenvalue weighted by Crippen LogP contribution is 2.12. The summed E-state index contributed by atoms with van der Waals surface area (Å²) >= 11 is 0. The van der Waals surface area contributed by atoms with Gasteiger partial charge in [0.1, 0.15) is 5.76 Å². The molecule has 0 N–H and O–H groups in total. The smallest absolute Gasteiger partial charge is 0.111 e. The Morgan fingerprint density at radius 3 is 3.00 bits per heavy atom. The van der Waals surface area contributed by atoms with Gasteiger partial charge in [-0.1, -0.05) is 31.4 Å². The fraction of sp³-hybridized carbons (Fsp3) is 0.385. The van der Waals surface area contributed by atoms with Crippen LogP contribution in [0.2, 0.25) is 0 Å². The molecular formula is C13H17O3-. The highest BCUT2D eigenvalue weighted by Gasteiger charge is 2.02. The molecule has 0 aromatic rings.